The van der Waals surface area contributed by atoms with Crippen molar-refractivity contribution in [3.05, 3.63) is 54.3 Å². The number of likely N-dealkylation sites (tertiary alicyclic amines) is 1. The minimum atomic E-state index is -0.526. The van der Waals surface area contributed by atoms with Crippen LogP contribution in [0.2, 0.25) is 0 Å². The topological polar surface area (TPSA) is 90.8 Å². The van der Waals surface area contributed by atoms with Gasteiger partial charge in [0.25, 0.3) is 0 Å². The van der Waals surface area contributed by atoms with E-state index in [1.54, 1.807) is 11.0 Å². The second kappa shape index (κ2) is 10.0. The average molecular weight is 403 g/mol. The van der Waals surface area contributed by atoms with Crippen molar-refractivity contribution in [2.75, 3.05) is 24.6 Å². The minimum Gasteiger partial charge on any atom is -0.488 e. The highest BCUT2D eigenvalue weighted by Crippen LogP contribution is 2.23. The SMILES string of the molecule is CC(C)(C)OC(=O)N1CCC[C@H](Oc2cc(N)cc(F)c2)C1.Nc1ccccc1. The lowest BCUT2D eigenvalue weighted by atomic mass is 10.1. The normalized spacial score (nSPS) is 16.4. The smallest absolute Gasteiger partial charge is 0.410 e. The molecule has 1 amide bonds. The molecule has 0 bridgehead atoms. The summed E-state index contributed by atoms with van der Waals surface area (Å²) in [5, 5.41) is 0. The number of benzene rings is 2. The molecule has 2 aromatic rings. The molecule has 1 aliphatic heterocycles. The summed E-state index contributed by atoms with van der Waals surface area (Å²) in [5.74, 6) is -0.0525. The molecule has 0 aliphatic carbocycles. The maximum atomic E-state index is 13.3. The van der Waals surface area contributed by atoms with Gasteiger partial charge in [0.15, 0.2) is 0 Å². The predicted molar refractivity (Wildman–Crippen MR) is 113 cm³/mol. The third-order valence-corrected chi connectivity index (χ3v) is 4.03. The number of hydrogen-bond donors (Lipinski definition) is 2. The molecule has 1 atom stereocenters. The molecule has 1 heterocycles. The summed E-state index contributed by atoms with van der Waals surface area (Å²) in [6.45, 7) is 6.56. The fourth-order valence-corrected chi connectivity index (χ4v) is 2.82. The Labute approximate surface area is 171 Å². The number of para-hydroxylation sites is 1. The Morgan fingerprint density at radius 3 is 2.34 bits per heavy atom. The number of carbonyl (C=O) groups excluding carboxylic acids is 1. The number of piperidine rings is 1. The Morgan fingerprint density at radius 1 is 1.10 bits per heavy atom. The predicted octanol–water partition coefficient (Wildman–Crippen LogP) is 4.46. The van der Waals surface area contributed by atoms with Crippen molar-refractivity contribution in [3.63, 3.8) is 0 Å². The van der Waals surface area contributed by atoms with Crippen LogP contribution in [0.1, 0.15) is 33.6 Å². The minimum absolute atomic E-state index is 0.192. The van der Waals surface area contributed by atoms with Crippen LogP contribution in [0.3, 0.4) is 0 Å². The Bertz CT molecular complexity index is 773. The van der Waals surface area contributed by atoms with Gasteiger partial charge in [0.2, 0.25) is 0 Å². The summed E-state index contributed by atoms with van der Waals surface area (Å²) in [6.07, 6.45) is 1.08. The number of nitrogens with two attached hydrogens (primary N) is 2. The Balaban J connectivity index is 0.000000360. The highest BCUT2D eigenvalue weighted by atomic mass is 19.1. The lowest BCUT2D eigenvalue weighted by Crippen LogP contribution is -2.46. The van der Waals surface area contributed by atoms with E-state index in [0.717, 1.165) is 18.5 Å². The van der Waals surface area contributed by atoms with Crippen molar-refractivity contribution in [3.8, 4) is 5.75 Å². The molecule has 0 unspecified atom stereocenters. The second-order valence-corrected chi connectivity index (χ2v) is 7.94. The summed E-state index contributed by atoms with van der Waals surface area (Å²) in [6, 6.07) is 13.6. The van der Waals surface area contributed by atoms with Gasteiger partial charge in [0, 0.05) is 30.1 Å². The first-order chi connectivity index (χ1) is 13.6. The van der Waals surface area contributed by atoms with Crippen LogP contribution < -0.4 is 16.2 Å². The third kappa shape index (κ3) is 8.29. The van der Waals surface area contributed by atoms with Crippen molar-refractivity contribution in [1.82, 2.24) is 4.90 Å². The van der Waals surface area contributed by atoms with Gasteiger partial charge in [-0.3, -0.25) is 0 Å². The third-order valence-electron chi connectivity index (χ3n) is 4.03. The molecular formula is C22H30FN3O3. The van der Waals surface area contributed by atoms with Crippen molar-refractivity contribution in [2.45, 2.75) is 45.3 Å². The highest BCUT2D eigenvalue weighted by Gasteiger charge is 2.28. The molecule has 0 saturated carbocycles. The van der Waals surface area contributed by atoms with Crippen LogP contribution in [0.5, 0.6) is 5.75 Å². The second-order valence-electron chi connectivity index (χ2n) is 7.94. The van der Waals surface area contributed by atoms with Crippen LogP contribution in [-0.2, 0) is 4.74 Å². The van der Waals surface area contributed by atoms with Crippen LogP contribution in [0.25, 0.3) is 0 Å². The molecule has 1 fully saturated rings. The monoisotopic (exact) mass is 403 g/mol. The lowest BCUT2D eigenvalue weighted by Gasteiger charge is -2.34. The van der Waals surface area contributed by atoms with Gasteiger partial charge in [-0.2, -0.15) is 0 Å². The Hall–Kier alpha value is -2.96. The number of carbonyl (C=O) groups is 1. The van der Waals surface area contributed by atoms with Crippen LogP contribution >= 0.6 is 0 Å². The van der Waals surface area contributed by atoms with E-state index in [1.807, 2.05) is 51.1 Å². The Kier molecular flexibility index (Phi) is 7.70. The van der Waals surface area contributed by atoms with Crippen molar-refractivity contribution in [2.24, 2.45) is 0 Å². The van der Waals surface area contributed by atoms with E-state index >= 15 is 0 Å². The maximum Gasteiger partial charge on any atom is 0.410 e. The summed E-state index contributed by atoms with van der Waals surface area (Å²) in [5.41, 5.74) is 11.6. The molecule has 6 nitrogen and oxygen atoms in total. The van der Waals surface area contributed by atoms with Crippen LogP contribution in [0.15, 0.2) is 48.5 Å². The number of nitrogens with zero attached hydrogens (tertiary/aromatic N) is 1. The van der Waals surface area contributed by atoms with E-state index in [0.29, 0.717) is 24.5 Å². The summed E-state index contributed by atoms with van der Waals surface area (Å²) in [7, 11) is 0. The van der Waals surface area contributed by atoms with E-state index in [2.05, 4.69) is 0 Å². The number of halogens is 1. The van der Waals surface area contributed by atoms with E-state index in [4.69, 9.17) is 20.9 Å². The van der Waals surface area contributed by atoms with Gasteiger partial charge in [0.05, 0.1) is 6.54 Å². The molecule has 0 aromatic heterocycles. The molecule has 7 heteroatoms. The number of anilines is 2. The molecular weight excluding hydrogens is 373 g/mol. The molecule has 0 spiro atoms. The first-order valence-corrected chi connectivity index (χ1v) is 9.63. The fraction of sp³-hybridized carbons (Fsp3) is 0.409. The zero-order valence-electron chi connectivity index (χ0n) is 17.2. The Morgan fingerprint density at radius 2 is 1.79 bits per heavy atom. The lowest BCUT2D eigenvalue weighted by molar-refractivity contribution is 0.00772. The number of rotatable bonds is 2. The zero-order valence-corrected chi connectivity index (χ0v) is 17.2. The standard InChI is InChI=1S/C16H23FN2O3.C6H7N/c1-16(2,3)22-15(20)19-6-4-5-13(10-19)21-14-8-11(17)7-12(18)9-14;7-6-4-2-1-3-5-6/h7-9,13H,4-6,10,18H2,1-3H3;1-5H,7H2/t13-;/m0./s1. The van der Waals surface area contributed by atoms with Gasteiger partial charge in [-0.15, -0.1) is 0 Å². The van der Waals surface area contributed by atoms with Crippen LogP contribution in [-0.4, -0.2) is 35.8 Å². The fourth-order valence-electron chi connectivity index (χ4n) is 2.82. The van der Waals surface area contributed by atoms with E-state index in [1.165, 1.54) is 12.1 Å². The molecule has 4 N–H and O–H groups in total. The van der Waals surface area contributed by atoms with Crippen LogP contribution in [0.4, 0.5) is 20.6 Å². The number of nitrogen functional groups attached to an aromatic ring is 2. The van der Waals surface area contributed by atoms with Crippen molar-refractivity contribution < 1.29 is 18.7 Å². The summed E-state index contributed by atoms with van der Waals surface area (Å²) >= 11 is 0. The van der Waals surface area contributed by atoms with Gasteiger partial charge in [-0.1, -0.05) is 18.2 Å². The maximum absolute atomic E-state index is 13.3. The van der Waals surface area contributed by atoms with Gasteiger partial charge in [0.1, 0.15) is 23.3 Å². The molecule has 158 valence electrons. The number of ether oxygens (including phenoxy) is 2. The van der Waals surface area contributed by atoms with E-state index < -0.39 is 11.4 Å². The number of hydrogen-bond acceptors (Lipinski definition) is 5. The quantitative estimate of drug-likeness (QED) is 0.723. The van der Waals surface area contributed by atoms with Gasteiger partial charge in [-0.25, -0.2) is 9.18 Å². The average Bonchev–Trinajstić information content (AvgIpc) is 2.61. The number of amides is 1. The first-order valence-electron chi connectivity index (χ1n) is 9.63. The molecule has 0 radical (unpaired) electrons. The molecule has 1 aliphatic rings. The first kappa shape index (κ1) is 22.3. The van der Waals surface area contributed by atoms with Crippen molar-refractivity contribution >= 4 is 17.5 Å². The van der Waals surface area contributed by atoms with Crippen LogP contribution in [0, 0.1) is 5.82 Å². The van der Waals surface area contributed by atoms with E-state index in [9.17, 15) is 9.18 Å². The van der Waals surface area contributed by atoms with Crippen molar-refractivity contribution in [1.29, 1.82) is 0 Å². The highest BCUT2D eigenvalue weighted by molar-refractivity contribution is 5.68. The molecule has 1 saturated heterocycles. The molecule has 2 aromatic carbocycles. The molecule has 29 heavy (non-hydrogen) atoms. The van der Waals surface area contributed by atoms with Gasteiger partial charge < -0.3 is 25.8 Å². The van der Waals surface area contributed by atoms with Gasteiger partial charge in [-0.05, 0) is 51.8 Å². The molecule has 3 rings (SSSR count). The van der Waals surface area contributed by atoms with E-state index in [-0.39, 0.29) is 12.2 Å². The summed E-state index contributed by atoms with van der Waals surface area (Å²) < 4.78 is 24.5. The summed E-state index contributed by atoms with van der Waals surface area (Å²) in [4.78, 5) is 13.7. The van der Waals surface area contributed by atoms with Gasteiger partial charge >= 0.3 is 6.09 Å². The zero-order chi connectivity index (χ0) is 21.4. The largest absolute Gasteiger partial charge is 0.488 e.